The van der Waals surface area contributed by atoms with Gasteiger partial charge >= 0.3 is 0 Å². The number of thioether (sulfide) groups is 1. The highest BCUT2D eigenvalue weighted by Gasteiger charge is 2.07. The third-order valence-electron chi connectivity index (χ3n) is 2.94. The number of fused-ring (bicyclic) bond motifs is 1. The molecule has 1 aromatic carbocycles. The first-order chi connectivity index (χ1) is 10.3. The van der Waals surface area contributed by atoms with Crippen LogP contribution in [0.3, 0.4) is 0 Å². The lowest BCUT2D eigenvalue weighted by Gasteiger charge is -2.05. The normalized spacial score (nSPS) is 10.9. The standard InChI is InChI=1S/C15H15N3OS2/c1-2-19-11-5-3-10(4-6-11)9-21-15-17-13(16)12-7-8-20-14(12)18-15/h3-8H,2,9H2,1H3,(H2,16,17,18). The van der Waals surface area contributed by atoms with Crippen LogP contribution in [0.2, 0.25) is 0 Å². The van der Waals surface area contributed by atoms with Crippen molar-refractivity contribution in [2.24, 2.45) is 0 Å². The maximum atomic E-state index is 5.95. The number of hydrogen-bond acceptors (Lipinski definition) is 6. The molecule has 3 rings (SSSR count). The van der Waals surface area contributed by atoms with E-state index >= 15 is 0 Å². The first kappa shape index (κ1) is 14.2. The smallest absolute Gasteiger partial charge is 0.191 e. The van der Waals surface area contributed by atoms with Crippen LogP contribution < -0.4 is 10.5 Å². The molecule has 0 saturated carbocycles. The molecular weight excluding hydrogens is 302 g/mol. The van der Waals surface area contributed by atoms with Gasteiger partial charge in [-0.2, -0.15) is 0 Å². The largest absolute Gasteiger partial charge is 0.494 e. The Morgan fingerprint density at radius 1 is 1.19 bits per heavy atom. The van der Waals surface area contributed by atoms with Crippen molar-refractivity contribution in [3.8, 4) is 5.75 Å². The van der Waals surface area contributed by atoms with Gasteiger partial charge in [0, 0.05) is 5.75 Å². The van der Waals surface area contributed by atoms with Gasteiger partial charge in [0.2, 0.25) is 0 Å². The Labute approximate surface area is 131 Å². The molecule has 0 aliphatic carbocycles. The van der Waals surface area contributed by atoms with Gasteiger partial charge in [-0.05, 0) is 36.1 Å². The average Bonchev–Trinajstić information content (AvgIpc) is 2.96. The predicted octanol–water partition coefficient (Wildman–Crippen LogP) is 3.96. The van der Waals surface area contributed by atoms with Gasteiger partial charge in [0.05, 0.1) is 12.0 Å². The third kappa shape index (κ3) is 3.28. The van der Waals surface area contributed by atoms with E-state index < -0.39 is 0 Å². The zero-order chi connectivity index (χ0) is 14.7. The number of nitrogens with zero attached hydrogens (tertiary/aromatic N) is 2. The maximum Gasteiger partial charge on any atom is 0.191 e. The first-order valence-electron chi connectivity index (χ1n) is 6.61. The number of thiophene rings is 1. The van der Waals surface area contributed by atoms with E-state index in [4.69, 9.17) is 10.5 Å². The van der Waals surface area contributed by atoms with Gasteiger partial charge in [-0.25, -0.2) is 9.97 Å². The molecule has 21 heavy (non-hydrogen) atoms. The fraction of sp³-hybridized carbons (Fsp3) is 0.200. The second kappa shape index (κ2) is 6.32. The Balaban J connectivity index is 1.70. The lowest BCUT2D eigenvalue weighted by atomic mass is 10.2. The van der Waals surface area contributed by atoms with Crippen molar-refractivity contribution in [3.05, 3.63) is 41.3 Å². The minimum atomic E-state index is 0.551. The molecule has 4 nitrogen and oxygen atoms in total. The molecule has 0 aliphatic heterocycles. The lowest BCUT2D eigenvalue weighted by Crippen LogP contribution is -1.95. The van der Waals surface area contributed by atoms with Gasteiger partial charge in [0.1, 0.15) is 16.4 Å². The lowest BCUT2D eigenvalue weighted by molar-refractivity contribution is 0.340. The van der Waals surface area contributed by atoms with Gasteiger partial charge in [0.15, 0.2) is 5.16 Å². The summed E-state index contributed by atoms with van der Waals surface area (Å²) in [4.78, 5) is 9.81. The molecule has 0 amide bonds. The second-order valence-corrected chi connectivity index (χ2v) is 6.23. The Kier molecular flexibility index (Phi) is 4.26. The van der Waals surface area contributed by atoms with Crippen LogP contribution in [0.15, 0.2) is 40.9 Å². The van der Waals surface area contributed by atoms with Crippen LogP contribution in [0.25, 0.3) is 10.2 Å². The fourth-order valence-electron chi connectivity index (χ4n) is 1.92. The van der Waals surface area contributed by atoms with Gasteiger partial charge in [0.25, 0.3) is 0 Å². The zero-order valence-electron chi connectivity index (χ0n) is 11.6. The summed E-state index contributed by atoms with van der Waals surface area (Å²) in [6.45, 7) is 2.66. The van der Waals surface area contributed by atoms with Crippen molar-refractivity contribution < 1.29 is 4.74 Å². The van der Waals surface area contributed by atoms with Crippen molar-refractivity contribution in [2.45, 2.75) is 17.8 Å². The molecule has 0 atom stereocenters. The number of nitrogens with two attached hydrogens (primary N) is 1. The highest BCUT2D eigenvalue weighted by molar-refractivity contribution is 7.98. The number of aromatic nitrogens is 2. The second-order valence-electron chi connectivity index (χ2n) is 4.40. The Bertz CT molecular complexity index is 740. The molecular formula is C15H15N3OS2. The van der Waals surface area contributed by atoms with Crippen LogP contribution in [0.4, 0.5) is 5.82 Å². The quantitative estimate of drug-likeness (QED) is 0.570. The van der Waals surface area contributed by atoms with E-state index in [1.54, 1.807) is 23.1 Å². The van der Waals surface area contributed by atoms with E-state index in [-0.39, 0.29) is 0 Å². The molecule has 0 aliphatic rings. The van der Waals surface area contributed by atoms with E-state index in [0.29, 0.717) is 12.4 Å². The number of ether oxygens (including phenoxy) is 1. The Morgan fingerprint density at radius 2 is 2.00 bits per heavy atom. The molecule has 0 saturated heterocycles. The van der Waals surface area contributed by atoms with Crippen LogP contribution >= 0.6 is 23.1 Å². The van der Waals surface area contributed by atoms with Crippen molar-refractivity contribution in [1.29, 1.82) is 0 Å². The predicted molar refractivity (Wildman–Crippen MR) is 89.0 cm³/mol. The molecule has 0 bridgehead atoms. The van der Waals surface area contributed by atoms with E-state index in [0.717, 1.165) is 26.9 Å². The summed E-state index contributed by atoms with van der Waals surface area (Å²) in [5.41, 5.74) is 7.15. The number of rotatable bonds is 5. The number of benzene rings is 1. The Morgan fingerprint density at radius 3 is 2.76 bits per heavy atom. The van der Waals surface area contributed by atoms with Crippen LogP contribution in [0.5, 0.6) is 5.75 Å². The fourth-order valence-corrected chi connectivity index (χ4v) is 3.56. The number of nitrogen functional groups attached to an aromatic ring is 1. The molecule has 2 heterocycles. The van der Waals surface area contributed by atoms with E-state index in [1.807, 2.05) is 30.5 Å². The van der Waals surface area contributed by atoms with Crippen LogP contribution in [-0.2, 0) is 5.75 Å². The minimum Gasteiger partial charge on any atom is -0.494 e. The minimum absolute atomic E-state index is 0.551. The summed E-state index contributed by atoms with van der Waals surface area (Å²) in [6.07, 6.45) is 0. The first-order valence-corrected chi connectivity index (χ1v) is 8.48. The van der Waals surface area contributed by atoms with Crippen molar-refractivity contribution in [2.75, 3.05) is 12.3 Å². The molecule has 6 heteroatoms. The molecule has 0 fully saturated rings. The molecule has 2 aromatic heterocycles. The monoisotopic (exact) mass is 317 g/mol. The van der Waals surface area contributed by atoms with Crippen LogP contribution in [0, 0.1) is 0 Å². The summed E-state index contributed by atoms with van der Waals surface area (Å²) in [5, 5.41) is 3.64. The van der Waals surface area contributed by atoms with Crippen molar-refractivity contribution >= 4 is 39.1 Å². The molecule has 108 valence electrons. The Hall–Kier alpha value is -1.79. The number of hydrogen-bond donors (Lipinski definition) is 1. The SMILES string of the molecule is CCOc1ccc(CSc2nc(N)c3ccsc3n2)cc1. The average molecular weight is 317 g/mol. The van der Waals surface area contributed by atoms with Gasteiger partial charge in [-0.3, -0.25) is 0 Å². The van der Waals surface area contributed by atoms with Gasteiger partial charge < -0.3 is 10.5 Å². The highest BCUT2D eigenvalue weighted by atomic mass is 32.2. The topological polar surface area (TPSA) is 61.0 Å². The molecule has 2 N–H and O–H groups in total. The summed E-state index contributed by atoms with van der Waals surface area (Å²) in [7, 11) is 0. The third-order valence-corrected chi connectivity index (χ3v) is 4.66. The van der Waals surface area contributed by atoms with E-state index in [9.17, 15) is 0 Å². The van der Waals surface area contributed by atoms with Crippen molar-refractivity contribution in [3.63, 3.8) is 0 Å². The van der Waals surface area contributed by atoms with E-state index in [1.165, 1.54) is 5.56 Å². The van der Waals surface area contributed by atoms with E-state index in [2.05, 4.69) is 22.1 Å². The van der Waals surface area contributed by atoms with Gasteiger partial charge in [-0.1, -0.05) is 23.9 Å². The highest BCUT2D eigenvalue weighted by Crippen LogP contribution is 2.28. The summed E-state index contributed by atoms with van der Waals surface area (Å²) < 4.78 is 5.43. The summed E-state index contributed by atoms with van der Waals surface area (Å²) in [6, 6.07) is 10.0. The molecule has 3 aromatic rings. The molecule has 0 spiro atoms. The molecule has 0 radical (unpaired) electrons. The van der Waals surface area contributed by atoms with Crippen LogP contribution in [0.1, 0.15) is 12.5 Å². The zero-order valence-corrected chi connectivity index (χ0v) is 13.2. The van der Waals surface area contributed by atoms with Crippen molar-refractivity contribution in [1.82, 2.24) is 9.97 Å². The summed E-state index contributed by atoms with van der Waals surface area (Å²) in [5.74, 6) is 2.25. The number of anilines is 1. The van der Waals surface area contributed by atoms with Gasteiger partial charge in [-0.15, -0.1) is 11.3 Å². The maximum absolute atomic E-state index is 5.95. The summed E-state index contributed by atoms with van der Waals surface area (Å²) >= 11 is 3.17. The molecule has 0 unspecified atom stereocenters. The van der Waals surface area contributed by atoms with Crippen LogP contribution in [-0.4, -0.2) is 16.6 Å².